The molecule has 0 amide bonds. The molecule has 106 valence electrons. The Morgan fingerprint density at radius 3 is 2.75 bits per heavy atom. The molecule has 20 heavy (non-hydrogen) atoms. The first-order valence-electron chi connectivity index (χ1n) is 5.70. The average Bonchev–Trinajstić information content (AvgIpc) is 2.28. The van der Waals surface area contributed by atoms with Crippen LogP contribution in [0.5, 0.6) is 0 Å². The third-order valence-corrected chi connectivity index (χ3v) is 2.75. The first-order chi connectivity index (χ1) is 9.27. The number of benzene rings is 1. The van der Waals surface area contributed by atoms with Crippen molar-refractivity contribution < 1.29 is 4.92 Å². The van der Waals surface area contributed by atoms with Crippen LogP contribution in [0.1, 0.15) is 13.8 Å². The highest BCUT2D eigenvalue weighted by Gasteiger charge is 2.22. The number of hydrogen-bond donors (Lipinski definition) is 3. The van der Waals surface area contributed by atoms with Gasteiger partial charge in [0.05, 0.1) is 4.92 Å². The molecule has 0 aromatic heterocycles. The van der Waals surface area contributed by atoms with Gasteiger partial charge in [-0.05, 0) is 26.0 Å². The average molecular weight is 297 g/mol. The highest BCUT2D eigenvalue weighted by molar-refractivity contribution is 6.32. The van der Waals surface area contributed by atoms with E-state index in [0.29, 0.717) is 11.6 Å². The van der Waals surface area contributed by atoms with Gasteiger partial charge in [-0.25, -0.2) is 9.98 Å². The van der Waals surface area contributed by atoms with Crippen LogP contribution in [0.3, 0.4) is 0 Å². The van der Waals surface area contributed by atoms with Gasteiger partial charge in [-0.2, -0.15) is 0 Å². The number of halogens is 1. The Morgan fingerprint density at radius 1 is 1.45 bits per heavy atom. The molecule has 0 radical (unpaired) electrons. The fourth-order valence-corrected chi connectivity index (χ4v) is 1.88. The van der Waals surface area contributed by atoms with E-state index in [1.165, 1.54) is 12.1 Å². The van der Waals surface area contributed by atoms with E-state index in [0.717, 1.165) is 0 Å². The molecule has 1 aromatic carbocycles. The van der Waals surface area contributed by atoms with Gasteiger partial charge in [0.25, 0.3) is 5.69 Å². The summed E-state index contributed by atoms with van der Waals surface area (Å²) in [5.41, 5.74) is 5.23. The largest absolute Gasteiger partial charge is 0.370 e. The molecule has 1 aliphatic rings. The van der Waals surface area contributed by atoms with E-state index in [4.69, 9.17) is 17.3 Å². The predicted molar refractivity (Wildman–Crippen MR) is 78.0 cm³/mol. The van der Waals surface area contributed by atoms with Gasteiger partial charge < -0.3 is 11.1 Å². The number of hydrogen-bond acceptors (Lipinski definition) is 7. The number of guanidine groups is 2. The van der Waals surface area contributed by atoms with Gasteiger partial charge in [-0.1, -0.05) is 11.6 Å². The van der Waals surface area contributed by atoms with Crippen LogP contribution in [0.15, 0.2) is 28.2 Å². The molecule has 0 bridgehead atoms. The number of nitro benzene ring substituents is 1. The van der Waals surface area contributed by atoms with E-state index < -0.39 is 10.6 Å². The van der Waals surface area contributed by atoms with Crippen LogP contribution in [0.25, 0.3) is 0 Å². The highest BCUT2D eigenvalue weighted by atomic mass is 35.5. The van der Waals surface area contributed by atoms with Crippen molar-refractivity contribution in [3.8, 4) is 0 Å². The molecule has 0 saturated heterocycles. The molecule has 2 rings (SSSR count). The summed E-state index contributed by atoms with van der Waals surface area (Å²) in [6, 6.07) is 4.37. The summed E-state index contributed by atoms with van der Waals surface area (Å²) in [5, 5.41) is 16.6. The minimum atomic E-state index is -0.698. The van der Waals surface area contributed by atoms with E-state index >= 15 is 0 Å². The molecule has 8 nitrogen and oxygen atoms in total. The molecular weight excluding hydrogens is 284 g/mol. The molecule has 0 atom stereocenters. The summed E-state index contributed by atoms with van der Waals surface area (Å²) in [5.74, 6) is 0.579. The van der Waals surface area contributed by atoms with E-state index in [1.807, 2.05) is 0 Å². The topological polar surface area (TPSA) is 118 Å². The van der Waals surface area contributed by atoms with Crippen LogP contribution in [-0.2, 0) is 0 Å². The highest BCUT2D eigenvalue weighted by Crippen LogP contribution is 2.27. The van der Waals surface area contributed by atoms with Gasteiger partial charge in [-0.3, -0.25) is 15.4 Å². The van der Waals surface area contributed by atoms with Crippen molar-refractivity contribution in [2.75, 3.05) is 5.32 Å². The van der Waals surface area contributed by atoms with Crippen molar-refractivity contribution in [3.05, 3.63) is 33.3 Å². The maximum atomic E-state index is 10.8. The molecule has 0 saturated carbocycles. The Bertz CT molecular complexity index is 625. The smallest absolute Gasteiger partial charge is 0.289 e. The summed E-state index contributed by atoms with van der Waals surface area (Å²) >= 11 is 5.75. The number of nitrogens with one attached hydrogen (secondary N) is 2. The summed E-state index contributed by atoms with van der Waals surface area (Å²) in [6.07, 6.45) is 0. The zero-order chi connectivity index (χ0) is 14.9. The van der Waals surface area contributed by atoms with Crippen molar-refractivity contribution in [1.29, 1.82) is 0 Å². The van der Waals surface area contributed by atoms with E-state index in [-0.39, 0.29) is 16.7 Å². The molecule has 0 aliphatic carbocycles. The summed E-state index contributed by atoms with van der Waals surface area (Å²) in [4.78, 5) is 18.7. The zero-order valence-electron chi connectivity index (χ0n) is 10.8. The summed E-state index contributed by atoms with van der Waals surface area (Å²) in [6.45, 7) is 3.57. The maximum absolute atomic E-state index is 10.8. The Balaban J connectivity index is 2.25. The minimum Gasteiger partial charge on any atom is -0.370 e. The zero-order valence-corrected chi connectivity index (χ0v) is 11.6. The van der Waals surface area contributed by atoms with E-state index in [1.54, 1.807) is 19.9 Å². The molecule has 1 heterocycles. The van der Waals surface area contributed by atoms with Crippen LogP contribution < -0.4 is 16.4 Å². The summed E-state index contributed by atoms with van der Waals surface area (Å²) < 4.78 is 0. The van der Waals surface area contributed by atoms with E-state index in [2.05, 4.69) is 20.6 Å². The first-order valence-corrected chi connectivity index (χ1v) is 6.08. The van der Waals surface area contributed by atoms with Crippen LogP contribution in [-0.4, -0.2) is 22.5 Å². The molecule has 1 aliphatic heterocycles. The van der Waals surface area contributed by atoms with Gasteiger partial charge in [-0.15, -0.1) is 0 Å². The van der Waals surface area contributed by atoms with Crippen molar-refractivity contribution >= 4 is 34.9 Å². The van der Waals surface area contributed by atoms with Crippen molar-refractivity contribution in [2.24, 2.45) is 15.7 Å². The lowest BCUT2D eigenvalue weighted by Gasteiger charge is -2.24. The Morgan fingerprint density at radius 2 is 2.15 bits per heavy atom. The molecular formula is C11H13ClN6O2. The number of nitro groups is 1. The van der Waals surface area contributed by atoms with Crippen LogP contribution in [0.2, 0.25) is 5.02 Å². The number of rotatable bonds is 2. The fraction of sp³-hybridized carbons (Fsp3) is 0.273. The lowest BCUT2D eigenvalue weighted by atomic mass is 10.2. The molecule has 0 fully saturated rings. The van der Waals surface area contributed by atoms with Crippen molar-refractivity contribution in [3.63, 3.8) is 0 Å². The summed E-state index contributed by atoms with van der Waals surface area (Å²) in [7, 11) is 0. The molecule has 1 aromatic rings. The standard InChI is InChI=1S/C11H13ClN6O2/c1-11(2)16-9(13)15-10(17-11)14-6-3-4-7(12)8(5-6)18(19)20/h3-5H,1-2H3,(H4,13,14,15,16,17). The quantitative estimate of drug-likeness (QED) is 0.566. The van der Waals surface area contributed by atoms with Crippen molar-refractivity contribution in [1.82, 2.24) is 5.32 Å². The van der Waals surface area contributed by atoms with Crippen molar-refractivity contribution in [2.45, 2.75) is 19.5 Å². The minimum absolute atomic E-state index is 0.0699. The third-order valence-electron chi connectivity index (χ3n) is 2.43. The fourth-order valence-electron chi connectivity index (χ4n) is 1.70. The number of nitrogens with two attached hydrogens (primary N) is 1. The number of nitrogens with zero attached hydrogens (tertiary/aromatic N) is 3. The van der Waals surface area contributed by atoms with E-state index in [9.17, 15) is 10.1 Å². The normalized spacial score (nSPS) is 16.8. The second kappa shape index (κ2) is 4.97. The molecule has 4 N–H and O–H groups in total. The lowest BCUT2D eigenvalue weighted by Crippen LogP contribution is -2.47. The SMILES string of the molecule is CC1(C)N=C(N)NC(Nc2ccc(Cl)c([N+](=O)[O-])c2)=N1. The van der Waals surface area contributed by atoms with Crippen LogP contribution in [0, 0.1) is 10.1 Å². The van der Waals surface area contributed by atoms with Gasteiger partial charge >= 0.3 is 0 Å². The Kier molecular flexibility index (Phi) is 3.49. The monoisotopic (exact) mass is 296 g/mol. The predicted octanol–water partition coefficient (Wildman–Crippen LogP) is 1.67. The Labute approximate surface area is 119 Å². The third kappa shape index (κ3) is 3.15. The van der Waals surface area contributed by atoms with Gasteiger partial charge in [0, 0.05) is 11.8 Å². The number of anilines is 1. The van der Waals surface area contributed by atoms with Gasteiger partial charge in [0.15, 0.2) is 11.6 Å². The molecule has 0 unspecified atom stereocenters. The van der Waals surface area contributed by atoms with Gasteiger partial charge in [0.2, 0.25) is 5.96 Å². The second-order valence-corrected chi connectivity index (χ2v) is 5.03. The van der Waals surface area contributed by atoms with Crippen LogP contribution in [0.4, 0.5) is 11.4 Å². The maximum Gasteiger partial charge on any atom is 0.289 e. The second-order valence-electron chi connectivity index (χ2n) is 4.63. The lowest BCUT2D eigenvalue weighted by molar-refractivity contribution is -0.384. The molecule has 0 spiro atoms. The first kappa shape index (κ1) is 14.1. The van der Waals surface area contributed by atoms with Crippen LogP contribution >= 0.6 is 11.6 Å². The van der Waals surface area contributed by atoms with Gasteiger partial charge in [0.1, 0.15) is 5.02 Å². The Hall–Kier alpha value is -2.35. The molecule has 9 heteroatoms. The number of aliphatic imine (C=N–C) groups is 2.